The van der Waals surface area contributed by atoms with Crippen LogP contribution in [0.15, 0.2) is 28.7 Å². The molecule has 2 aromatic rings. The van der Waals surface area contributed by atoms with Crippen LogP contribution in [0, 0.1) is 23.7 Å². The van der Waals surface area contributed by atoms with Gasteiger partial charge in [-0.25, -0.2) is 14.0 Å². The maximum absolute atomic E-state index is 14.7. The van der Waals surface area contributed by atoms with Crippen molar-refractivity contribution in [3.8, 4) is 0 Å². The maximum Gasteiger partial charge on any atom is 0.407 e. The molecule has 1 aromatic carbocycles. The Balaban J connectivity index is 1.45. The number of alkyl halides is 1. The summed E-state index contributed by atoms with van der Waals surface area (Å²) >= 11 is 0. The number of halogens is 1. The first-order chi connectivity index (χ1) is 22.4. The van der Waals surface area contributed by atoms with E-state index in [-0.39, 0.29) is 36.0 Å². The predicted octanol–water partition coefficient (Wildman–Crippen LogP) is 6.60. The third-order valence-electron chi connectivity index (χ3n) is 10.3. The van der Waals surface area contributed by atoms with Crippen LogP contribution in [0.3, 0.4) is 0 Å². The van der Waals surface area contributed by atoms with Gasteiger partial charge in [0.2, 0.25) is 17.6 Å². The molecule has 10 nitrogen and oxygen atoms in total. The van der Waals surface area contributed by atoms with Gasteiger partial charge >= 0.3 is 12.1 Å². The van der Waals surface area contributed by atoms with E-state index in [1.807, 2.05) is 18.2 Å². The van der Waals surface area contributed by atoms with Crippen molar-refractivity contribution >= 4 is 34.8 Å². The quantitative estimate of drug-likeness (QED) is 0.290. The van der Waals surface area contributed by atoms with Crippen molar-refractivity contribution in [1.29, 1.82) is 0 Å². The number of carbonyl (C=O) groups is 4. The van der Waals surface area contributed by atoms with Gasteiger partial charge in [-0.15, -0.1) is 0 Å². The maximum atomic E-state index is 14.7. The number of nitrogens with two attached hydrogens (primary N) is 1. The zero-order valence-corrected chi connectivity index (χ0v) is 28.1. The summed E-state index contributed by atoms with van der Waals surface area (Å²) in [7, 11) is 0. The van der Waals surface area contributed by atoms with E-state index in [9.17, 15) is 23.6 Å². The van der Waals surface area contributed by atoms with Gasteiger partial charge in [0.25, 0.3) is 0 Å². The van der Waals surface area contributed by atoms with E-state index in [0.717, 1.165) is 32.1 Å². The van der Waals surface area contributed by atoms with Crippen LogP contribution >= 0.6 is 0 Å². The molecule has 1 aliphatic heterocycles. The summed E-state index contributed by atoms with van der Waals surface area (Å²) in [5.41, 5.74) is 6.51. The first-order valence-corrected chi connectivity index (χ1v) is 17.3. The van der Waals surface area contributed by atoms with Crippen LogP contribution < -0.4 is 11.1 Å². The Hall–Kier alpha value is -3.63. The Morgan fingerprint density at radius 2 is 1.72 bits per heavy atom. The number of amides is 3. The summed E-state index contributed by atoms with van der Waals surface area (Å²) in [5, 5.41) is 3.38. The van der Waals surface area contributed by atoms with Crippen molar-refractivity contribution in [3.63, 3.8) is 0 Å². The monoisotopic (exact) mass is 655 g/mol. The number of alkyl carbamates (subject to hydrolysis) is 1. The second-order valence-electron chi connectivity index (χ2n) is 14.5. The SMILES string of the molecule is CCOC(=O)c1oc2ccccc2c1C1C[C@@H](C2CCCCC2)[C@@H](C(N)=O)N1C(=O)[C@H]1CC[C@H]([C@@H](CF)NC(=O)OC(C)(C)C)CC1. The van der Waals surface area contributed by atoms with Crippen LogP contribution in [-0.2, 0) is 19.1 Å². The number of esters is 1. The van der Waals surface area contributed by atoms with Gasteiger partial charge in [0.15, 0.2) is 0 Å². The number of nitrogens with zero attached hydrogens (tertiary/aromatic N) is 1. The highest BCUT2D eigenvalue weighted by molar-refractivity contribution is 5.98. The second-order valence-corrected chi connectivity index (χ2v) is 14.5. The number of primary amides is 1. The molecule has 5 rings (SSSR count). The molecule has 0 spiro atoms. The highest BCUT2D eigenvalue weighted by atomic mass is 19.1. The molecule has 11 heteroatoms. The molecule has 1 aromatic heterocycles. The number of rotatable bonds is 9. The predicted molar refractivity (Wildman–Crippen MR) is 174 cm³/mol. The summed E-state index contributed by atoms with van der Waals surface area (Å²) in [6.07, 6.45) is 6.98. The number of ether oxygens (including phenoxy) is 2. The van der Waals surface area contributed by atoms with Crippen LogP contribution in [0.5, 0.6) is 0 Å². The highest BCUT2D eigenvalue weighted by Gasteiger charge is 2.53. The van der Waals surface area contributed by atoms with Crippen LogP contribution in [0.1, 0.15) is 114 Å². The van der Waals surface area contributed by atoms with E-state index >= 15 is 0 Å². The molecule has 1 saturated heterocycles. The third kappa shape index (κ3) is 7.59. The molecule has 3 fully saturated rings. The average Bonchev–Trinajstić information content (AvgIpc) is 3.62. The second kappa shape index (κ2) is 14.6. The molecule has 47 heavy (non-hydrogen) atoms. The molecule has 3 aliphatic rings. The molecule has 2 saturated carbocycles. The minimum atomic E-state index is -0.829. The number of carbonyl (C=O) groups excluding carboxylic acids is 4. The summed E-state index contributed by atoms with van der Waals surface area (Å²) in [4.78, 5) is 55.4. The average molecular weight is 656 g/mol. The molecule has 3 N–H and O–H groups in total. The first kappa shape index (κ1) is 34.7. The first-order valence-electron chi connectivity index (χ1n) is 17.3. The lowest BCUT2D eigenvalue weighted by Crippen LogP contribution is -2.51. The lowest BCUT2D eigenvalue weighted by atomic mass is 9.75. The largest absolute Gasteiger partial charge is 0.460 e. The molecule has 2 aliphatic carbocycles. The number of hydrogen-bond acceptors (Lipinski definition) is 7. The normalized spacial score (nSPS) is 26.1. The third-order valence-corrected chi connectivity index (χ3v) is 10.3. The Morgan fingerprint density at radius 3 is 2.34 bits per heavy atom. The van der Waals surface area contributed by atoms with E-state index in [1.165, 1.54) is 0 Å². The zero-order chi connectivity index (χ0) is 33.9. The minimum Gasteiger partial charge on any atom is -0.460 e. The van der Waals surface area contributed by atoms with E-state index in [0.29, 0.717) is 48.6 Å². The van der Waals surface area contributed by atoms with Gasteiger partial charge < -0.3 is 29.8 Å². The molecular formula is C36H50FN3O7. The van der Waals surface area contributed by atoms with Crippen molar-refractivity contribution < 1.29 is 37.5 Å². The Bertz CT molecular complexity index is 1440. The smallest absolute Gasteiger partial charge is 0.407 e. The van der Waals surface area contributed by atoms with Gasteiger partial charge in [-0.05, 0) is 83.6 Å². The Labute approximate surface area is 276 Å². The van der Waals surface area contributed by atoms with Crippen LogP contribution in [0.2, 0.25) is 0 Å². The fraction of sp³-hybridized carbons (Fsp3) is 0.667. The fourth-order valence-electron chi connectivity index (χ4n) is 8.27. The lowest BCUT2D eigenvalue weighted by molar-refractivity contribution is -0.145. The molecule has 0 radical (unpaired) electrons. The van der Waals surface area contributed by atoms with Gasteiger partial charge in [-0.1, -0.05) is 50.3 Å². The summed E-state index contributed by atoms with van der Waals surface area (Å²) in [5.74, 6) is -1.82. The molecule has 3 amide bonds. The highest BCUT2D eigenvalue weighted by Crippen LogP contribution is 2.51. The molecular weight excluding hydrogens is 605 g/mol. The molecule has 0 bridgehead atoms. The number of benzene rings is 1. The standard InChI is InChI=1S/C36H50FN3O7/c1-5-45-34(43)31-29(24-13-9-10-14-28(24)46-31)27-19-25(21-11-7-6-8-12-21)30(32(38)41)40(27)33(42)23-17-15-22(16-18-23)26(20-37)39-35(44)47-36(2,3)4/h9-10,13-14,21-23,25-27,30H,5-8,11-12,15-20H2,1-4H3,(H2,38,41)(H,39,44)/t22-,23-,25-,26+,27?,30-/m0/s1. The van der Waals surface area contributed by atoms with Crippen molar-refractivity contribution in [3.05, 3.63) is 35.6 Å². The number of hydrogen-bond donors (Lipinski definition) is 2. The van der Waals surface area contributed by atoms with Gasteiger partial charge in [-0.2, -0.15) is 0 Å². The van der Waals surface area contributed by atoms with Gasteiger partial charge in [-0.3, -0.25) is 9.59 Å². The van der Waals surface area contributed by atoms with Crippen molar-refractivity contribution in [2.75, 3.05) is 13.3 Å². The van der Waals surface area contributed by atoms with Gasteiger partial charge in [0.1, 0.15) is 23.9 Å². The molecule has 4 atom stereocenters. The Kier molecular flexibility index (Phi) is 10.8. The van der Waals surface area contributed by atoms with Crippen LogP contribution in [-0.4, -0.2) is 59.7 Å². The Morgan fingerprint density at radius 1 is 1.04 bits per heavy atom. The van der Waals surface area contributed by atoms with Crippen LogP contribution in [0.25, 0.3) is 11.0 Å². The number of furan rings is 1. The number of para-hydroxylation sites is 1. The summed E-state index contributed by atoms with van der Waals surface area (Å²) in [6, 6.07) is 5.16. The van der Waals surface area contributed by atoms with Crippen LogP contribution in [0.4, 0.5) is 9.18 Å². The topological polar surface area (TPSA) is 141 Å². The number of nitrogens with one attached hydrogen (secondary N) is 1. The number of likely N-dealkylation sites (tertiary alicyclic amines) is 1. The van der Waals surface area contributed by atoms with Crippen molar-refractivity contribution in [2.24, 2.45) is 29.4 Å². The summed E-state index contributed by atoms with van der Waals surface area (Å²) < 4.78 is 31.0. The minimum absolute atomic E-state index is 0.0473. The fourth-order valence-corrected chi connectivity index (χ4v) is 8.27. The van der Waals surface area contributed by atoms with Crippen molar-refractivity contribution in [2.45, 2.75) is 116 Å². The van der Waals surface area contributed by atoms with E-state index in [1.54, 1.807) is 38.7 Å². The summed E-state index contributed by atoms with van der Waals surface area (Å²) in [6.45, 7) is 6.39. The lowest BCUT2D eigenvalue weighted by Gasteiger charge is -2.38. The van der Waals surface area contributed by atoms with E-state index in [2.05, 4.69) is 5.32 Å². The van der Waals surface area contributed by atoms with Crippen molar-refractivity contribution in [1.82, 2.24) is 10.2 Å². The van der Waals surface area contributed by atoms with Gasteiger partial charge in [0, 0.05) is 16.9 Å². The van der Waals surface area contributed by atoms with E-state index < -0.39 is 54.3 Å². The molecule has 2 heterocycles. The van der Waals surface area contributed by atoms with Gasteiger partial charge in [0.05, 0.1) is 18.7 Å². The molecule has 1 unspecified atom stereocenters. The zero-order valence-electron chi connectivity index (χ0n) is 28.1. The molecule has 258 valence electrons. The van der Waals surface area contributed by atoms with E-state index in [4.69, 9.17) is 19.6 Å². The number of fused-ring (bicyclic) bond motifs is 1.